The van der Waals surface area contributed by atoms with Gasteiger partial charge >= 0.3 is 0 Å². The van der Waals surface area contributed by atoms with Crippen molar-refractivity contribution < 1.29 is 4.92 Å². The predicted molar refractivity (Wildman–Crippen MR) is 84.4 cm³/mol. The van der Waals surface area contributed by atoms with Gasteiger partial charge in [-0.2, -0.15) is 0 Å². The molecule has 1 fully saturated rings. The van der Waals surface area contributed by atoms with E-state index in [9.17, 15) is 10.1 Å². The average molecular weight is 291 g/mol. The molecule has 1 aliphatic rings. The normalized spacial score (nSPS) is 17.6. The molecule has 1 N–H and O–H groups in total. The molecule has 0 bridgehead atoms. The van der Waals surface area contributed by atoms with Crippen LogP contribution in [0.1, 0.15) is 44.2 Å². The molecular formula is C16H25N3O2. The van der Waals surface area contributed by atoms with E-state index in [1.165, 1.54) is 12.8 Å². The number of para-hydroxylation sites is 1. The third kappa shape index (κ3) is 4.25. The summed E-state index contributed by atoms with van der Waals surface area (Å²) < 4.78 is 0. The van der Waals surface area contributed by atoms with Gasteiger partial charge in [0, 0.05) is 43.9 Å². The number of hydrogen-bond acceptors (Lipinski definition) is 4. The number of unbranched alkanes of at least 4 members (excludes halogenated alkanes) is 2. The summed E-state index contributed by atoms with van der Waals surface area (Å²) >= 11 is 0. The van der Waals surface area contributed by atoms with E-state index < -0.39 is 0 Å². The highest BCUT2D eigenvalue weighted by atomic mass is 16.6. The summed E-state index contributed by atoms with van der Waals surface area (Å²) in [5.41, 5.74) is 1.14. The summed E-state index contributed by atoms with van der Waals surface area (Å²) in [4.78, 5) is 13.5. The van der Waals surface area contributed by atoms with Crippen LogP contribution in [0.4, 0.5) is 5.69 Å². The third-order valence-corrected chi connectivity index (χ3v) is 4.17. The van der Waals surface area contributed by atoms with E-state index in [-0.39, 0.29) is 16.7 Å². The van der Waals surface area contributed by atoms with Crippen LogP contribution in [0.2, 0.25) is 0 Å². The molecule has 5 heteroatoms. The molecule has 1 atom stereocenters. The zero-order valence-corrected chi connectivity index (χ0v) is 12.8. The van der Waals surface area contributed by atoms with Crippen LogP contribution in [-0.4, -0.2) is 36.0 Å². The predicted octanol–water partition coefficient (Wildman–Crippen LogP) is 3.12. The fourth-order valence-electron chi connectivity index (χ4n) is 3.05. The molecule has 1 aromatic rings. The standard InChI is InChI=1S/C16H25N3O2/c1-2-3-4-8-15(18-12-10-17-11-13-18)14-7-5-6-9-16(14)19(20)21/h5-7,9,15,17H,2-4,8,10-13H2,1H3/t15-/m0/s1. The number of nitrogens with one attached hydrogen (secondary N) is 1. The molecule has 1 aliphatic heterocycles. The van der Waals surface area contributed by atoms with Crippen molar-refractivity contribution in [3.8, 4) is 0 Å². The van der Waals surface area contributed by atoms with Gasteiger partial charge in [-0.15, -0.1) is 0 Å². The van der Waals surface area contributed by atoms with Gasteiger partial charge in [0.25, 0.3) is 5.69 Å². The van der Waals surface area contributed by atoms with Crippen molar-refractivity contribution in [2.75, 3.05) is 26.2 Å². The van der Waals surface area contributed by atoms with Crippen LogP contribution in [0.15, 0.2) is 24.3 Å². The van der Waals surface area contributed by atoms with Crippen LogP contribution in [0.3, 0.4) is 0 Å². The number of nitro benzene ring substituents is 1. The molecule has 0 spiro atoms. The summed E-state index contributed by atoms with van der Waals surface area (Å²) in [7, 11) is 0. The average Bonchev–Trinajstić information content (AvgIpc) is 2.52. The van der Waals surface area contributed by atoms with E-state index in [4.69, 9.17) is 0 Å². The summed E-state index contributed by atoms with van der Waals surface area (Å²) in [6.07, 6.45) is 4.48. The Morgan fingerprint density at radius 1 is 1.29 bits per heavy atom. The maximum absolute atomic E-state index is 11.3. The minimum absolute atomic E-state index is 0.167. The quantitative estimate of drug-likeness (QED) is 0.476. The number of rotatable bonds is 7. The lowest BCUT2D eigenvalue weighted by molar-refractivity contribution is -0.386. The lowest BCUT2D eigenvalue weighted by atomic mass is 9.96. The second-order valence-corrected chi connectivity index (χ2v) is 5.61. The van der Waals surface area contributed by atoms with Crippen LogP contribution in [0.25, 0.3) is 0 Å². The Balaban J connectivity index is 2.22. The molecule has 0 radical (unpaired) electrons. The van der Waals surface area contributed by atoms with Gasteiger partial charge in [-0.05, 0) is 6.42 Å². The lowest BCUT2D eigenvalue weighted by Crippen LogP contribution is -2.45. The first-order valence-electron chi connectivity index (χ1n) is 7.92. The van der Waals surface area contributed by atoms with Crippen molar-refractivity contribution in [1.29, 1.82) is 0 Å². The zero-order chi connectivity index (χ0) is 15.1. The third-order valence-electron chi connectivity index (χ3n) is 4.17. The molecule has 0 amide bonds. The molecule has 0 unspecified atom stereocenters. The molecular weight excluding hydrogens is 266 g/mol. The molecule has 1 heterocycles. The van der Waals surface area contributed by atoms with Crippen molar-refractivity contribution in [3.63, 3.8) is 0 Å². The monoisotopic (exact) mass is 291 g/mol. The molecule has 1 saturated heterocycles. The van der Waals surface area contributed by atoms with Gasteiger partial charge in [-0.25, -0.2) is 0 Å². The number of hydrogen-bond donors (Lipinski definition) is 1. The van der Waals surface area contributed by atoms with E-state index in [1.807, 2.05) is 12.1 Å². The van der Waals surface area contributed by atoms with E-state index in [2.05, 4.69) is 17.1 Å². The Hall–Kier alpha value is -1.46. The van der Waals surface area contributed by atoms with Crippen LogP contribution >= 0.6 is 0 Å². The SMILES string of the molecule is CCCCC[C@@H](c1ccccc1[N+](=O)[O-])N1CCNCC1. The molecule has 5 nitrogen and oxygen atoms in total. The summed E-state index contributed by atoms with van der Waals surface area (Å²) in [6, 6.07) is 7.39. The van der Waals surface area contributed by atoms with Crippen molar-refractivity contribution in [2.45, 2.75) is 38.6 Å². The first kappa shape index (κ1) is 15.9. The Morgan fingerprint density at radius 2 is 2.00 bits per heavy atom. The molecule has 0 saturated carbocycles. The first-order valence-corrected chi connectivity index (χ1v) is 7.92. The first-order chi connectivity index (χ1) is 10.2. The Morgan fingerprint density at radius 3 is 2.67 bits per heavy atom. The summed E-state index contributed by atoms with van der Waals surface area (Å²) in [5, 5.41) is 14.7. The van der Waals surface area contributed by atoms with Crippen LogP contribution < -0.4 is 5.32 Å². The molecule has 116 valence electrons. The molecule has 2 rings (SSSR count). The summed E-state index contributed by atoms with van der Waals surface area (Å²) in [6.45, 7) is 6.03. The van der Waals surface area contributed by atoms with Crippen LogP contribution in [0, 0.1) is 10.1 Å². The number of nitro groups is 1. The topological polar surface area (TPSA) is 58.4 Å². The van der Waals surface area contributed by atoms with Crippen molar-refractivity contribution >= 4 is 5.69 Å². The smallest absolute Gasteiger partial charge is 0.274 e. The highest BCUT2D eigenvalue weighted by Gasteiger charge is 2.27. The minimum atomic E-state index is -0.246. The Labute approximate surface area is 126 Å². The largest absolute Gasteiger partial charge is 0.314 e. The van der Waals surface area contributed by atoms with Gasteiger partial charge in [0.2, 0.25) is 0 Å². The van der Waals surface area contributed by atoms with Crippen LogP contribution in [-0.2, 0) is 0 Å². The lowest BCUT2D eigenvalue weighted by Gasteiger charge is -2.35. The molecule has 0 aliphatic carbocycles. The fraction of sp³-hybridized carbons (Fsp3) is 0.625. The van der Waals surface area contributed by atoms with E-state index >= 15 is 0 Å². The summed E-state index contributed by atoms with van der Waals surface area (Å²) in [5.74, 6) is 0. The fourth-order valence-corrected chi connectivity index (χ4v) is 3.05. The highest BCUT2D eigenvalue weighted by molar-refractivity contribution is 5.42. The van der Waals surface area contributed by atoms with Crippen molar-refractivity contribution in [3.05, 3.63) is 39.9 Å². The van der Waals surface area contributed by atoms with Crippen LogP contribution in [0.5, 0.6) is 0 Å². The number of piperazine rings is 1. The second-order valence-electron chi connectivity index (χ2n) is 5.61. The van der Waals surface area contributed by atoms with Gasteiger partial charge in [0.1, 0.15) is 0 Å². The minimum Gasteiger partial charge on any atom is -0.314 e. The molecule has 0 aromatic heterocycles. The van der Waals surface area contributed by atoms with E-state index in [0.717, 1.165) is 44.6 Å². The molecule has 1 aromatic carbocycles. The van der Waals surface area contributed by atoms with Gasteiger partial charge in [0.05, 0.1) is 4.92 Å². The van der Waals surface area contributed by atoms with E-state index in [0.29, 0.717) is 0 Å². The van der Waals surface area contributed by atoms with Crippen molar-refractivity contribution in [2.24, 2.45) is 0 Å². The number of nitrogens with zero attached hydrogens (tertiary/aromatic N) is 2. The Kier molecular flexibility index (Phi) is 6.14. The molecule has 21 heavy (non-hydrogen) atoms. The van der Waals surface area contributed by atoms with Gasteiger partial charge in [0.15, 0.2) is 0 Å². The Bertz CT molecular complexity index is 459. The van der Waals surface area contributed by atoms with Gasteiger partial charge in [-0.1, -0.05) is 44.4 Å². The highest BCUT2D eigenvalue weighted by Crippen LogP contribution is 2.33. The van der Waals surface area contributed by atoms with Gasteiger partial charge < -0.3 is 5.32 Å². The van der Waals surface area contributed by atoms with Crippen molar-refractivity contribution in [1.82, 2.24) is 10.2 Å². The van der Waals surface area contributed by atoms with E-state index in [1.54, 1.807) is 12.1 Å². The maximum atomic E-state index is 11.3. The zero-order valence-electron chi connectivity index (χ0n) is 12.8. The van der Waals surface area contributed by atoms with Gasteiger partial charge in [-0.3, -0.25) is 15.0 Å². The maximum Gasteiger partial charge on any atom is 0.274 e. The number of benzene rings is 1. The second kappa shape index (κ2) is 8.10.